The molecule has 1 amide bonds. The minimum Gasteiger partial charge on any atom is -0.494 e. The zero-order valence-corrected chi connectivity index (χ0v) is 22.1. The lowest BCUT2D eigenvalue weighted by molar-refractivity contribution is -0.121. The first-order valence-corrected chi connectivity index (χ1v) is 14.1. The van der Waals surface area contributed by atoms with Gasteiger partial charge in [0, 0.05) is 6.54 Å². The molecule has 1 fully saturated rings. The van der Waals surface area contributed by atoms with Crippen LogP contribution in [-0.4, -0.2) is 43.3 Å². The molecule has 1 atom stereocenters. The van der Waals surface area contributed by atoms with E-state index in [9.17, 15) is 17.6 Å². The highest BCUT2D eigenvalue weighted by Gasteiger charge is 2.42. The van der Waals surface area contributed by atoms with Gasteiger partial charge in [0.05, 0.1) is 23.2 Å². The number of amides is 1. The number of hydrogen-bond donors (Lipinski definition) is 0. The van der Waals surface area contributed by atoms with Gasteiger partial charge in [-0.1, -0.05) is 47.7 Å². The number of nitrogens with zero attached hydrogens (tertiary/aromatic N) is 3. The van der Waals surface area contributed by atoms with Crippen LogP contribution in [0.5, 0.6) is 5.75 Å². The normalized spacial score (nSPS) is 16.2. The number of hydrogen-bond acceptors (Lipinski definition) is 6. The number of ether oxygens (including phenoxy) is 1. The molecule has 1 saturated heterocycles. The Hall–Kier alpha value is -3.34. The van der Waals surface area contributed by atoms with Gasteiger partial charge in [-0.25, -0.2) is 17.8 Å². The first-order valence-electron chi connectivity index (χ1n) is 11.9. The maximum atomic E-state index is 14.1. The number of rotatable bonds is 7. The van der Waals surface area contributed by atoms with Gasteiger partial charge >= 0.3 is 0 Å². The van der Waals surface area contributed by atoms with E-state index >= 15 is 0 Å². The maximum Gasteiger partial charge on any atom is 0.247 e. The summed E-state index contributed by atoms with van der Waals surface area (Å²) in [5, 5.41) is 0.475. The molecule has 2 heterocycles. The monoisotopic (exact) mass is 539 g/mol. The number of sulfonamides is 1. The smallest absolute Gasteiger partial charge is 0.247 e. The Labute approximate surface area is 219 Å². The highest BCUT2D eigenvalue weighted by atomic mass is 32.2. The van der Waals surface area contributed by atoms with Crippen molar-refractivity contribution in [3.8, 4) is 5.75 Å². The number of anilines is 1. The van der Waals surface area contributed by atoms with Gasteiger partial charge < -0.3 is 4.74 Å². The average Bonchev–Trinajstić information content (AvgIpc) is 3.57. The molecule has 0 saturated carbocycles. The Morgan fingerprint density at radius 2 is 1.86 bits per heavy atom. The first-order chi connectivity index (χ1) is 17.8. The molecule has 37 heavy (non-hydrogen) atoms. The van der Waals surface area contributed by atoms with Crippen molar-refractivity contribution in [3.63, 3.8) is 0 Å². The van der Waals surface area contributed by atoms with E-state index in [0.29, 0.717) is 29.2 Å². The zero-order valence-electron chi connectivity index (χ0n) is 20.4. The molecular weight excluding hydrogens is 513 g/mol. The third-order valence-electron chi connectivity index (χ3n) is 6.50. The summed E-state index contributed by atoms with van der Waals surface area (Å²) < 4.78 is 48.0. The summed E-state index contributed by atoms with van der Waals surface area (Å²) in [5.74, 6) is -0.261. The van der Waals surface area contributed by atoms with Crippen molar-refractivity contribution in [2.24, 2.45) is 0 Å². The van der Waals surface area contributed by atoms with E-state index in [1.807, 2.05) is 49.4 Å². The van der Waals surface area contributed by atoms with Crippen molar-refractivity contribution in [1.29, 1.82) is 0 Å². The Balaban J connectivity index is 1.55. The number of carbonyl (C=O) groups is 1. The molecule has 10 heteroatoms. The molecule has 7 nitrogen and oxygen atoms in total. The average molecular weight is 540 g/mol. The Morgan fingerprint density at radius 1 is 1.14 bits per heavy atom. The minimum absolute atomic E-state index is 0.0384. The van der Waals surface area contributed by atoms with E-state index in [1.165, 1.54) is 27.8 Å². The van der Waals surface area contributed by atoms with Crippen LogP contribution >= 0.6 is 11.3 Å². The summed E-state index contributed by atoms with van der Waals surface area (Å²) in [6, 6.07) is 17.1. The van der Waals surface area contributed by atoms with Crippen LogP contribution in [0.25, 0.3) is 10.2 Å². The van der Waals surface area contributed by atoms with Crippen molar-refractivity contribution in [1.82, 2.24) is 9.29 Å². The molecule has 192 valence electrons. The Morgan fingerprint density at radius 3 is 2.57 bits per heavy atom. The number of thiazole rings is 1. The predicted molar refractivity (Wildman–Crippen MR) is 142 cm³/mol. The topological polar surface area (TPSA) is 79.8 Å². The van der Waals surface area contributed by atoms with Crippen molar-refractivity contribution in [2.45, 2.75) is 37.2 Å². The summed E-state index contributed by atoms with van der Waals surface area (Å²) >= 11 is 1.38. The SMILES string of the molecule is COc1ccc(C)c2sc(N(Cc3ccccc3)C(=O)C3CCCN3S(=O)(=O)c3ccc(F)cc3)nc12. The third-order valence-corrected chi connectivity index (χ3v) is 9.64. The summed E-state index contributed by atoms with van der Waals surface area (Å²) in [7, 11) is -2.42. The number of benzene rings is 3. The highest BCUT2D eigenvalue weighted by molar-refractivity contribution is 7.89. The maximum absolute atomic E-state index is 14.1. The molecule has 3 aromatic carbocycles. The number of halogens is 1. The lowest BCUT2D eigenvalue weighted by Crippen LogP contribution is -2.47. The molecule has 0 spiro atoms. The number of methoxy groups -OCH3 is 1. The molecule has 4 aromatic rings. The lowest BCUT2D eigenvalue weighted by atomic mass is 10.1. The fraction of sp³-hybridized carbons (Fsp3) is 0.259. The van der Waals surface area contributed by atoms with Crippen LogP contribution in [0.4, 0.5) is 9.52 Å². The fourth-order valence-corrected chi connectivity index (χ4v) is 7.29. The molecule has 5 rings (SSSR count). The highest BCUT2D eigenvalue weighted by Crippen LogP contribution is 2.38. The molecule has 1 unspecified atom stereocenters. The molecule has 1 aliphatic heterocycles. The molecule has 1 aliphatic rings. The third kappa shape index (κ3) is 4.84. The number of aryl methyl sites for hydroxylation is 1. The van der Waals surface area contributed by atoms with Crippen LogP contribution in [0.15, 0.2) is 71.6 Å². The van der Waals surface area contributed by atoms with Gasteiger partial charge in [-0.15, -0.1) is 0 Å². The summed E-state index contributed by atoms with van der Waals surface area (Å²) in [5.41, 5.74) is 2.56. The van der Waals surface area contributed by atoms with E-state index in [0.717, 1.165) is 28.0 Å². The molecule has 0 radical (unpaired) electrons. The molecule has 0 bridgehead atoms. The second-order valence-electron chi connectivity index (χ2n) is 8.90. The van der Waals surface area contributed by atoms with Gasteiger partial charge in [0.15, 0.2) is 5.13 Å². The van der Waals surface area contributed by atoms with Gasteiger partial charge in [0.25, 0.3) is 0 Å². The predicted octanol–water partition coefficient (Wildman–Crippen LogP) is 5.14. The van der Waals surface area contributed by atoms with Crippen LogP contribution in [0, 0.1) is 12.7 Å². The van der Waals surface area contributed by atoms with Crippen LogP contribution in [0.1, 0.15) is 24.0 Å². The van der Waals surface area contributed by atoms with Crippen LogP contribution in [-0.2, 0) is 21.4 Å². The zero-order chi connectivity index (χ0) is 26.2. The fourth-order valence-electron chi connectivity index (χ4n) is 4.58. The quantitative estimate of drug-likeness (QED) is 0.325. The van der Waals surface area contributed by atoms with Gasteiger partial charge in [0.1, 0.15) is 23.1 Å². The second-order valence-corrected chi connectivity index (χ2v) is 11.8. The van der Waals surface area contributed by atoms with Crippen molar-refractivity contribution in [3.05, 3.63) is 83.7 Å². The van der Waals surface area contributed by atoms with E-state index < -0.39 is 21.9 Å². The van der Waals surface area contributed by atoms with Gasteiger partial charge in [-0.05, 0) is 61.2 Å². The van der Waals surface area contributed by atoms with E-state index in [4.69, 9.17) is 9.72 Å². The molecule has 1 aromatic heterocycles. The van der Waals surface area contributed by atoms with Crippen molar-refractivity contribution >= 4 is 42.6 Å². The first kappa shape index (κ1) is 25.3. The van der Waals surface area contributed by atoms with Crippen molar-refractivity contribution in [2.75, 3.05) is 18.6 Å². The summed E-state index contributed by atoms with van der Waals surface area (Å²) in [4.78, 5) is 20.4. The van der Waals surface area contributed by atoms with E-state index in [-0.39, 0.29) is 23.9 Å². The lowest BCUT2D eigenvalue weighted by Gasteiger charge is -2.28. The molecular formula is C27H26FN3O4S2. The number of aromatic nitrogens is 1. The van der Waals surface area contributed by atoms with Gasteiger partial charge in [-0.2, -0.15) is 4.31 Å². The van der Waals surface area contributed by atoms with E-state index in [1.54, 1.807) is 12.0 Å². The number of carbonyl (C=O) groups excluding carboxylic acids is 1. The second kappa shape index (κ2) is 10.2. The minimum atomic E-state index is -4.00. The van der Waals surface area contributed by atoms with Crippen LogP contribution in [0.2, 0.25) is 0 Å². The standard InChI is InChI=1S/C27H26FN3O4S2/c1-18-10-15-23(35-2)24-25(18)36-27(29-24)30(17-19-7-4-3-5-8-19)26(32)22-9-6-16-31(22)37(33,34)21-13-11-20(28)12-14-21/h3-5,7-8,10-15,22H,6,9,16-17H2,1-2H3. The van der Waals surface area contributed by atoms with Crippen LogP contribution in [0.3, 0.4) is 0 Å². The Kier molecular flexibility index (Phi) is 6.98. The summed E-state index contributed by atoms with van der Waals surface area (Å²) in [6.07, 6.45) is 0.931. The molecule has 0 N–H and O–H groups in total. The van der Waals surface area contributed by atoms with Crippen molar-refractivity contribution < 1.29 is 22.3 Å². The van der Waals surface area contributed by atoms with E-state index in [2.05, 4.69) is 0 Å². The largest absolute Gasteiger partial charge is 0.494 e. The van der Waals surface area contributed by atoms with Gasteiger partial charge in [0.2, 0.25) is 15.9 Å². The molecule has 0 aliphatic carbocycles. The van der Waals surface area contributed by atoms with Gasteiger partial charge in [-0.3, -0.25) is 9.69 Å². The Bertz CT molecular complexity index is 1540. The number of fused-ring (bicyclic) bond motifs is 1. The summed E-state index contributed by atoms with van der Waals surface area (Å²) in [6.45, 7) is 2.42. The van der Waals surface area contributed by atoms with Crippen LogP contribution < -0.4 is 9.64 Å².